The molecule has 1 N–H and O–H groups in total. The molecule has 0 unspecified atom stereocenters. The zero-order valence-corrected chi connectivity index (χ0v) is 15.0. The zero-order valence-electron chi connectivity index (χ0n) is 15.0. The number of rotatable bonds is 3. The van der Waals surface area contributed by atoms with Gasteiger partial charge in [0.15, 0.2) is 5.65 Å². The minimum atomic E-state index is -0.973. The normalized spacial score (nSPS) is 16.8. The number of fused-ring (bicyclic) bond motifs is 1. The first kappa shape index (κ1) is 16.9. The fourth-order valence-corrected chi connectivity index (χ4v) is 3.33. The third-order valence-corrected chi connectivity index (χ3v) is 5.13. The molecule has 2 aliphatic heterocycles. The average molecular weight is 384 g/mol. The summed E-state index contributed by atoms with van der Waals surface area (Å²) in [6.45, 7) is 2.18. The van der Waals surface area contributed by atoms with Gasteiger partial charge in [-0.3, -0.25) is 0 Å². The van der Waals surface area contributed by atoms with Gasteiger partial charge in [-0.25, -0.2) is 23.2 Å². The molecule has 0 radical (unpaired) electrons. The number of alkyl halides is 1. The number of carbonyl (C=O) groups is 1. The van der Waals surface area contributed by atoms with Gasteiger partial charge < -0.3 is 15.1 Å². The third-order valence-electron chi connectivity index (χ3n) is 5.13. The van der Waals surface area contributed by atoms with Gasteiger partial charge in [0.25, 0.3) is 0 Å². The molecule has 0 aliphatic carbocycles. The van der Waals surface area contributed by atoms with Crippen LogP contribution in [0.3, 0.4) is 0 Å². The second-order valence-corrected chi connectivity index (χ2v) is 7.12. The van der Waals surface area contributed by atoms with Crippen LogP contribution < -0.4 is 10.2 Å². The van der Waals surface area contributed by atoms with E-state index in [0.29, 0.717) is 11.3 Å². The van der Waals surface area contributed by atoms with Crippen molar-refractivity contribution in [3.63, 3.8) is 0 Å². The first-order valence-corrected chi connectivity index (χ1v) is 9.17. The van der Waals surface area contributed by atoms with Gasteiger partial charge in [-0.1, -0.05) is 0 Å². The molecule has 0 saturated carbocycles. The van der Waals surface area contributed by atoms with Crippen molar-refractivity contribution in [2.75, 3.05) is 36.4 Å². The number of nitrogens with one attached hydrogen (secondary N) is 1. The Morgan fingerprint density at radius 1 is 1.21 bits per heavy atom. The van der Waals surface area contributed by atoms with Gasteiger partial charge in [0, 0.05) is 30.4 Å². The predicted molar refractivity (Wildman–Crippen MR) is 101 cm³/mol. The molecule has 2 amide bonds. The third kappa shape index (κ3) is 2.92. The van der Waals surface area contributed by atoms with Crippen molar-refractivity contribution in [3.05, 3.63) is 42.5 Å². The monoisotopic (exact) mass is 384 g/mol. The van der Waals surface area contributed by atoms with E-state index < -0.39 is 18.0 Å². The van der Waals surface area contributed by atoms with Gasteiger partial charge in [0.1, 0.15) is 17.7 Å². The van der Waals surface area contributed by atoms with Crippen LogP contribution in [0.5, 0.6) is 0 Å². The molecule has 2 saturated heterocycles. The quantitative estimate of drug-likeness (QED) is 0.754. The molecule has 7 nitrogen and oxygen atoms in total. The SMILES string of the molecule is O=C(Nc1ccc(F)c(-n2cc3cc(N4CCC4)cnc3n2)c1)N1CC(F)C1. The molecule has 0 atom stereocenters. The van der Waals surface area contributed by atoms with E-state index in [1.165, 1.54) is 34.2 Å². The Morgan fingerprint density at radius 3 is 2.75 bits per heavy atom. The lowest BCUT2D eigenvalue weighted by atomic mass is 10.2. The highest BCUT2D eigenvalue weighted by Crippen LogP contribution is 2.25. The van der Waals surface area contributed by atoms with E-state index in [2.05, 4.69) is 20.3 Å². The number of amides is 2. The maximum absolute atomic E-state index is 14.4. The summed E-state index contributed by atoms with van der Waals surface area (Å²) < 4.78 is 28.8. The van der Waals surface area contributed by atoms with Crippen LogP contribution in [-0.2, 0) is 0 Å². The fraction of sp³-hybridized carbons (Fsp3) is 0.316. The molecule has 4 heterocycles. The van der Waals surface area contributed by atoms with Crippen LogP contribution in [0.25, 0.3) is 16.7 Å². The van der Waals surface area contributed by atoms with Crippen LogP contribution in [0.2, 0.25) is 0 Å². The molecule has 5 rings (SSSR count). The number of hydrogen-bond acceptors (Lipinski definition) is 4. The van der Waals surface area contributed by atoms with Gasteiger partial charge in [-0.2, -0.15) is 0 Å². The molecule has 3 aromatic rings. The van der Waals surface area contributed by atoms with E-state index in [-0.39, 0.29) is 18.8 Å². The topological polar surface area (TPSA) is 66.3 Å². The van der Waals surface area contributed by atoms with Crippen molar-refractivity contribution in [3.8, 4) is 5.69 Å². The Morgan fingerprint density at radius 2 is 2.04 bits per heavy atom. The second-order valence-electron chi connectivity index (χ2n) is 7.12. The lowest BCUT2D eigenvalue weighted by Gasteiger charge is -2.34. The minimum absolute atomic E-state index is 0.0788. The Labute approximate surface area is 159 Å². The number of nitrogens with zero attached hydrogens (tertiary/aromatic N) is 5. The lowest BCUT2D eigenvalue weighted by Crippen LogP contribution is -2.53. The Balaban J connectivity index is 1.42. The summed E-state index contributed by atoms with van der Waals surface area (Å²) in [6, 6.07) is 5.82. The van der Waals surface area contributed by atoms with Gasteiger partial charge >= 0.3 is 6.03 Å². The van der Waals surface area contributed by atoms with Gasteiger partial charge in [0.2, 0.25) is 0 Å². The first-order chi connectivity index (χ1) is 13.6. The van der Waals surface area contributed by atoms with Crippen molar-refractivity contribution >= 4 is 28.4 Å². The largest absolute Gasteiger partial charge is 0.370 e. The van der Waals surface area contributed by atoms with Crippen LogP contribution in [0.1, 0.15) is 6.42 Å². The van der Waals surface area contributed by atoms with E-state index in [1.807, 2.05) is 6.07 Å². The summed E-state index contributed by atoms with van der Waals surface area (Å²) >= 11 is 0. The van der Waals surface area contributed by atoms with Crippen LogP contribution >= 0.6 is 0 Å². The van der Waals surface area contributed by atoms with E-state index in [1.54, 1.807) is 12.4 Å². The highest BCUT2D eigenvalue weighted by Gasteiger charge is 2.30. The number of halogens is 2. The maximum Gasteiger partial charge on any atom is 0.322 e. The van der Waals surface area contributed by atoms with Crippen LogP contribution in [-0.4, -0.2) is 58.0 Å². The van der Waals surface area contributed by atoms with Gasteiger partial charge in [0.05, 0.1) is 25.0 Å². The maximum atomic E-state index is 14.4. The summed E-state index contributed by atoms with van der Waals surface area (Å²) in [5.74, 6) is -0.471. The number of benzene rings is 1. The molecule has 1 aromatic carbocycles. The van der Waals surface area contributed by atoms with Crippen LogP contribution in [0.15, 0.2) is 36.7 Å². The number of anilines is 2. The predicted octanol–water partition coefficient (Wildman–Crippen LogP) is 2.96. The summed E-state index contributed by atoms with van der Waals surface area (Å²) in [4.78, 5) is 20.0. The Kier molecular flexibility index (Phi) is 3.88. The number of carbonyl (C=O) groups excluding carboxylic acids is 1. The standard InChI is InChI=1S/C19H18F2N6O/c20-13-10-26(11-13)19(28)23-14-2-3-16(21)17(7-14)27-9-12-6-15(25-4-1-5-25)8-22-18(12)24-27/h2-3,6-9,13H,1,4-5,10-11H2,(H,23,28). The molecular weight excluding hydrogens is 366 g/mol. The van der Waals surface area contributed by atoms with Crippen LogP contribution in [0, 0.1) is 5.82 Å². The smallest absolute Gasteiger partial charge is 0.322 e. The molecule has 2 aliphatic rings. The summed E-state index contributed by atoms with van der Waals surface area (Å²) in [5, 5.41) is 7.83. The molecule has 2 aromatic heterocycles. The van der Waals surface area contributed by atoms with E-state index in [0.717, 1.165) is 24.2 Å². The summed E-state index contributed by atoms with van der Waals surface area (Å²) in [6.07, 6.45) is 3.69. The number of urea groups is 1. The van der Waals surface area contributed by atoms with Gasteiger partial charge in [-0.15, -0.1) is 5.10 Å². The summed E-state index contributed by atoms with van der Waals surface area (Å²) in [7, 11) is 0. The minimum Gasteiger partial charge on any atom is -0.370 e. The summed E-state index contributed by atoms with van der Waals surface area (Å²) in [5.41, 5.74) is 2.17. The highest BCUT2D eigenvalue weighted by atomic mass is 19.1. The lowest BCUT2D eigenvalue weighted by molar-refractivity contribution is 0.0974. The molecule has 9 heteroatoms. The van der Waals surface area contributed by atoms with Crippen LogP contribution in [0.4, 0.5) is 25.0 Å². The molecule has 0 spiro atoms. The van der Waals surface area contributed by atoms with E-state index in [9.17, 15) is 13.6 Å². The van der Waals surface area contributed by atoms with Crippen molar-refractivity contribution < 1.29 is 13.6 Å². The molecule has 2 fully saturated rings. The molecule has 144 valence electrons. The zero-order chi connectivity index (χ0) is 19.3. The number of likely N-dealkylation sites (tertiary alicyclic amines) is 1. The van der Waals surface area contributed by atoms with Crippen molar-refractivity contribution in [1.82, 2.24) is 19.7 Å². The van der Waals surface area contributed by atoms with E-state index >= 15 is 0 Å². The van der Waals surface area contributed by atoms with Gasteiger partial charge in [-0.05, 0) is 30.7 Å². The highest BCUT2D eigenvalue weighted by molar-refractivity contribution is 5.90. The Hall–Kier alpha value is -3.23. The molecule has 28 heavy (non-hydrogen) atoms. The Bertz CT molecular complexity index is 1060. The second kappa shape index (κ2) is 6.43. The van der Waals surface area contributed by atoms with Crippen molar-refractivity contribution in [1.29, 1.82) is 0 Å². The molecular formula is C19H18F2N6O. The van der Waals surface area contributed by atoms with E-state index in [4.69, 9.17) is 0 Å². The number of aromatic nitrogens is 3. The average Bonchev–Trinajstić information content (AvgIpc) is 3.02. The van der Waals surface area contributed by atoms with Crippen molar-refractivity contribution in [2.24, 2.45) is 0 Å². The number of pyridine rings is 1. The first-order valence-electron chi connectivity index (χ1n) is 9.17. The van der Waals surface area contributed by atoms with Crippen molar-refractivity contribution in [2.45, 2.75) is 12.6 Å². The fourth-order valence-electron chi connectivity index (χ4n) is 3.33. The molecule has 0 bridgehead atoms. The number of hydrogen-bond donors (Lipinski definition) is 1.